The number of aryl methyl sites for hydroxylation is 2. The molecule has 0 radical (unpaired) electrons. The summed E-state index contributed by atoms with van der Waals surface area (Å²) in [6, 6.07) is 0. The standard InChI is InChI=1S/C8H15N3/c1-2-8-10-5-7-11(8)6-3-4-9/h5,7H,2-4,6,9H2,1H3. The molecule has 1 rings (SSSR count). The lowest BCUT2D eigenvalue weighted by molar-refractivity contribution is 0.621. The summed E-state index contributed by atoms with van der Waals surface area (Å²) in [6.07, 6.45) is 5.88. The van der Waals surface area contributed by atoms with Crippen molar-refractivity contribution in [3.05, 3.63) is 18.2 Å². The normalized spacial score (nSPS) is 10.4. The van der Waals surface area contributed by atoms with Gasteiger partial charge in [-0.25, -0.2) is 4.98 Å². The quantitative estimate of drug-likeness (QED) is 0.695. The van der Waals surface area contributed by atoms with E-state index in [1.54, 1.807) is 0 Å². The molecule has 0 aromatic carbocycles. The van der Waals surface area contributed by atoms with Gasteiger partial charge in [-0.3, -0.25) is 0 Å². The molecule has 0 spiro atoms. The SMILES string of the molecule is CCc1nccn1CCCN. The van der Waals surface area contributed by atoms with Gasteiger partial charge in [-0.15, -0.1) is 0 Å². The topological polar surface area (TPSA) is 43.8 Å². The third-order valence-corrected chi connectivity index (χ3v) is 1.72. The average Bonchev–Trinajstić information content (AvgIpc) is 2.47. The zero-order chi connectivity index (χ0) is 8.10. The predicted octanol–water partition coefficient (Wildman–Crippen LogP) is 0.794. The van der Waals surface area contributed by atoms with Gasteiger partial charge in [0.2, 0.25) is 0 Å². The van der Waals surface area contributed by atoms with Crippen molar-refractivity contribution in [3.63, 3.8) is 0 Å². The molecule has 1 aromatic heterocycles. The van der Waals surface area contributed by atoms with Gasteiger partial charge in [0, 0.05) is 25.4 Å². The number of aromatic nitrogens is 2. The molecule has 1 heterocycles. The Labute approximate surface area is 67.2 Å². The van der Waals surface area contributed by atoms with Crippen LogP contribution in [0, 0.1) is 0 Å². The van der Waals surface area contributed by atoms with E-state index in [1.165, 1.54) is 0 Å². The molecule has 0 saturated heterocycles. The molecule has 0 atom stereocenters. The van der Waals surface area contributed by atoms with Gasteiger partial charge in [0.1, 0.15) is 5.82 Å². The van der Waals surface area contributed by atoms with Gasteiger partial charge in [-0.2, -0.15) is 0 Å². The highest BCUT2D eigenvalue weighted by atomic mass is 15.1. The maximum Gasteiger partial charge on any atom is 0.108 e. The molecule has 62 valence electrons. The molecule has 3 heteroatoms. The van der Waals surface area contributed by atoms with E-state index >= 15 is 0 Å². The summed E-state index contributed by atoms with van der Waals surface area (Å²) in [7, 11) is 0. The van der Waals surface area contributed by atoms with Crippen LogP contribution in [0.2, 0.25) is 0 Å². The van der Waals surface area contributed by atoms with Crippen LogP contribution in [0.1, 0.15) is 19.2 Å². The molecule has 0 aliphatic heterocycles. The number of rotatable bonds is 4. The Morgan fingerprint density at radius 1 is 1.64 bits per heavy atom. The Morgan fingerprint density at radius 3 is 3.09 bits per heavy atom. The lowest BCUT2D eigenvalue weighted by atomic mass is 10.4. The molecule has 0 bridgehead atoms. The monoisotopic (exact) mass is 153 g/mol. The molecule has 0 saturated carbocycles. The fourth-order valence-corrected chi connectivity index (χ4v) is 1.12. The smallest absolute Gasteiger partial charge is 0.108 e. The number of nitrogens with two attached hydrogens (primary N) is 1. The minimum atomic E-state index is 0.751. The molecular formula is C8H15N3. The molecular weight excluding hydrogens is 138 g/mol. The van der Waals surface area contributed by atoms with E-state index in [9.17, 15) is 0 Å². The Hall–Kier alpha value is -0.830. The molecule has 0 aliphatic rings. The van der Waals surface area contributed by atoms with E-state index in [0.29, 0.717) is 0 Å². The highest BCUT2D eigenvalue weighted by molar-refractivity contribution is 4.91. The van der Waals surface area contributed by atoms with Crippen molar-refractivity contribution in [1.82, 2.24) is 9.55 Å². The van der Waals surface area contributed by atoms with Gasteiger partial charge >= 0.3 is 0 Å². The highest BCUT2D eigenvalue weighted by Gasteiger charge is 1.97. The second-order valence-corrected chi connectivity index (χ2v) is 2.53. The van der Waals surface area contributed by atoms with E-state index in [1.807, 2.05) is 12.4 Å². The number of hydrogen-bond acceptors (Lipinski definition) is 2. The van der Waals surface area contributed by atoms with Crippen LogP contribution in [0.15, 0.2) is 12.4 Å². The molecule has 0 amide bonds. The van der Waals surface area contributed by atoms with Crippen molar-refractivity contribution < 1.29 is 0 Å². The zero-order valence-corrected chi connectivity index (χ0v) is 6.95. The molecule has 11 heavy (non-hydrogen) atoms. The van der Waals surface area contributed by atoms with Crippen molar-refractivity contribution in [2.24, 2.45) is 5.73 Å². The predicted molar refractivity (Wildman–Crippen MR) is 45.3 cm³/mol. The fraction of sp³-hybridized carbons (Fsp3) is 0.625. The lowest BCUT2D eigenvalue weighted by Crippen LogP contribution is -2.07. The van der Waals surface area contributed by atoms with Gasteiger partial charge in [-0.05, 0) is 13.0 Å². The van der Waals surface area contributed by atoms with Crippen molar-refractivity contribution in [2.45, 2.75) is 26.3 Å². The summed E-state index contributed by atoms with van der Waals surface area (Å²) in [5.41, 5.74) is 5.40. The van der Waals surface area contributed by atoms with E-state index < -0.39 is 0 Å². The molecule has 0 aliphatic carbocycles. The van der Waals surface area contributed by atoms with Gasteiger partial charge in [0.15, 0.2) is 0 Å². The first-order valence-electron chi connectivity index (χ1n) is 4.08. The van der Waals surface area contributed by atoms with Crippen molar-refractivity contribution in [3.8, 4) is 0 Å². The van der Waals surface area contributed by atoms with Crippen molar-refractivity contribution in [1.29, 1.82) is 0 Å². The summed E-state index contributed by atoms with van der Waals surface area (Å²) < 4.78 is 2.16. The van der Waals surface area contributed by atoms with Crippen LogP contribution in [0.25, 0.3) is 0 Å². The summed E-state index contributed by atoms with van der Waals surface area (Å²) in [6.45, 7) is 3.86. The van der Waals surface area contributed by atoms with Gasteiger partial charge in [0.25, 0.3) is 0 Å². The lowest BCUT2D eigenvalue weighted by Gasteiger charge is -2.03. The second kappa shape index (κ2) is 4.13. The van der Waals surface area contributed by atoms with Crippen LogP contribution in [0.5, 0.6) is 0 Å². The van der Waals surface area contributed by atoms with Crippen LogP contribution in [-0.2, 0) is 13.0 Å². The first kappa shape index (κ1) is 8.27. The van der Waals surface area contributed by atoms with E-state index in [-0.39, 0.29) is 0 Å². The summed E-state index contributed by atoms with van der Waals surface area (Å²) in [4.78, 5) is 4.21. The van der Waals surface area contributed by atoms with Crippen LogP contribution in [-0.4, -0.2) is 16.1 Å². The van der Waals surface area contributed by atoms with Crippen LogP contribution in [0.4, 0.5) is 0 Å². The Balaban J connectivity index is 2.54. The first-order valence-corrected chi connectivity index (χ1v) is 4.08. The van der Waals surface area contributed by atoms with E-state index in [0.717, 1.165) is 31.8 Å². The molecule has 3 nitrogen and oxygen atoms in total. The Morgan fingerprint density at radius 2 is 2.45 bits per heavy atom. The van der Waals surface area contributed by atoms with E-state index in [2.05, 4.69) is 16.5 Å². The second-order valence-electron chi connectivity index (χ2n) is 2.53. The number of imidazole rings is 1. The molecule has 2 N–H and O–H groups in total. The third kappa shape index (κ3) is 2.05. The third-order valence-electron chi connectivity index (χ3n) is 1.72. The first-order chi connectivity index (χ1) is 5.38. The minimum Gasteiger partial charge on any atom is -0.335 e. The summed E-state index contributed by atoms with van der Waals surface area (Å²) in [5.74, 6) is 1.15. The zero-order valence-electron chi connectivity index (χ0n) is 6.95. The van der Waals surface area contributed by atoms with Crippen LogP contribution < -0.4 is 5.73 Å². The average molecular weight is 153 g/mol. The molecule has 1 aromatic rings. The Kier molecular flexibility index (Phi) is 3.11. The van der Waals surface area contributed by atoms with Gasteiger partial charge in [0.05, 0.1) is 0 Å². The van der Waals surface area contributed by atoms with E-state index in [4.69, 9.17) is 5.73 Å². The molecule has 0 fully saturated rings. The maximum absolute atomic E-state index is 5.40. The maximum atomic E-state index is 5.40. The number of nitrogens with zero attached hydrogens (tertiary/aromatic N) is 2. The van der Waals surface area contributed by atoms with Crippen molar-refractivity contribution >= 4 is 0 Å². The minimum absolute atomic E-state index is 0.751. The summed E-state index contributed by atoms with van der Waals surface area (Å²) >= 11 is 0. The summed E-state index contributed by atoms with van der Waals surface area (Å²) in [5, 5.41) is 0. The molecule has 0 unspecified atom stereocenters. The largest absolute Gasteiger partial charge is 0.335 e. The van der Waals surface area contributed by atoms with Gasteiger partial charge in [-0.1, -0.05) is 6.92 Å². The van der Waals surface area contributed by atoms with Crippen LogP contribution in [0.3, 0.4) is 0 Å². The number of hydrogen-bond donors (Lipinski definition) is 1. The Bertz CT molecular complexity index is 205. The fourth-order valence-electron chi connectivity index (χ4n) is 1.12. The van der Waals surface area contributed by atoms with Crippen molar-refractivity contribution in [2.75, 3.05) is 6.54 Å². The van der Waals surface area contributed by atoms with Gasteiger partial charge < -0.3 is 10.3 Å². The van der Waals surface area contributed by atoms with Crippen LogP contribution >= 0.6 is 0 Å². The highest BCUT2D eigenvalue weighted by Crippen LogP contribution is 1.98.